The molecule has 0 radical (unpaired) electrons. The van der Waals surface area contributed by atoms with Crippen LogP contribution in [0, 0.1) is 5.41 Å². The fourth-order valence-corrected chi connectivity index (χ4v) is 4.28. The summed E-state index contributed by atoms with van der Waals surface area (Å²) >= 11 is 0. The number of fused-ring (bicyclic) bond motifs is 1. The van der Waals surface area contributed by atoms with Gasteiger partial charge in [-0.05, 0) is 73.4 Å². The highest BCUT2D eigenvalue weighted by Crippen LogP contribution is 2.35. The van der Waals surface area contributed by atoms with E-state index in [9.17, 15) is 14.4 Å². The number of pyridine rings is 1. The van der Waals surface area contributed by atoms with Gasteiger partial charge in [0, 0.05) is 29.1 Å². The van der Waals surface area contributed by atoms with E-state index in [2.05, 4.69) is 5.32 Å². The lowest BCUT2D eigenvalue weighted by atomic mass is 9.75. The highest BCUT2D eigenvalue weighted by molar-refractivity contribution is 6.07. The summed E-state index contributed by atoms with van der Waals surface area (Å²) in [7, 11) is 1.56. The van der Waals surface area contributed by atoms with Gasteiger partial charge in [-0.1, -0.05) is 13.8 Å². The number of nitrogens with one attached hydrogen (secondary N) is 1. The molecule has 0 spiro atoms. The monoisotopic (exact) mass is 460 g/mol. The van der Waals surface area contributed by atoms with Gasteiger partial charge in [0.15, 0.2) is 5.78 Å². The average Bonchev–Trinajstić information content (AvgIpc) is 2.79. The number of rotatable bonds is 6. The van der Waals surface area contributed by atoms with Crippen LogP contribution in [-0.2, 0) is 6.42 Å². The topological polar surface area (TPSA) is 86.6 Å². The Balaban J connectivity index is 1.82. The van der Waals surface area contributed by atoms with Crippen molar-refractivity contribution < 1.29 is 19.1 Å². The maximum atomic E-state index is 13.6. The number of hydrogen-bond donors (Lipinski definition) is 1. The van der Waals surface area contributed by atoms with Gasteiger partial charge < -0.3 is 14.8 Å². The molecule has 1 heterocycles. The number of anilines is 1. The Morgan fingerprint density at radius 3 is 2.26 bits per heavy atom. The van der Waals surface area contributed by atoms with Crippen molar-refractivity contribution in [3.63, 3.8) is 0 Å². The summed E-state index contributed by atoms with van der Waals surface area (Å²) in [5, 5.41) is 2.75. The smallest absolute Gasteiger partial charge is 0.268 e. The van der Waals surface area contributed by atoms with Crippen LogP contribution in [0.1, 0.15) is 53.6 Å². The van der Waals surface area contributed by atoms with Gasteiger partial charge in [-0.3, -0.25) is 19.0 Å². The predicted octanol–water partition coefficient (Wildman–Crippen LogP) is 4.65. The number of methoxy groups -OCH3 is 1. The molecule has 0 unspecified atom stereocenters. The van der Waals surface area contributed by atoms with E-state index in [-0.39, 0.29) is 16.8 Å². The van der Waals surface area contributed by atoms with Gasteiger partial charge in [0.2, 0.25) is 0 Å². The largest absolute Gasteiger partial charge is 0.497 e. The fraction of sp³-hybridized carbons (Fsp3) is 0.296. The maximum absolute atomic E-state index is 13.6. The number of nitrogens with zero attached hydrogens (tertiary/aromatic N) is 1. The van der Waals surface area contributed by atoms with E-state index in [1.807, 2.05) is 20.8 Å². The molecule has 7 nitrogen and oxygen atoms in total. The number of benzene rings is 2. The van der Waals surface area contributed by atoms with Crippen molar-refractivity contribution in [3.8, 4) is 17.2 Å². The third-order valence-electron chi connectivity index (χ3n) is 5.89. The number of hydrogen-bond acceptors (Lipinski definition) is 5. The summed E-state index contributed by atoms with van der Waals surface area (Å²) in [6.45, 7) is 6.43. The Hall–Kier alpha value is -3.87. The fourth-order valence-electron chi connectivity index (χ4n) is 4.28. The van der Waals surface area contributed by atoms with Gasteiger partial charge in [0.1, 0.15) is 17.1 Å². The molecule has 7 heteroatoms. The van der Waals surface area contributed by atoms with Gasteiger partial charge in [-0.25, -0.2) is 0 Å². The number of ether oxygens (including phenoxy) is 2. The Morgan fingerprint density at radius 1 is 1.00 bits per heavy atom. The number of carbonyl (C=O) groups is 2. The first-order valence-corrected chi connectivity index (χ1v) is 11.2. The standard InChI is InChI=1S/C27H28N2O5/c1-5-34-20-12-8-18(9-13-20)29-23-15-27(2,3)16-24(30)21(23)14-22(26(29)32)25(31)28-17-6-10-19(33-4)11-7-17/h6-14H,5,15-16H2,1-4H3,(H,28,31). The van der Waals surface area contributed by atoms with E-state index in [0.717, 1.165) is 0 Å². The summed E-state index contributed by atoms with van der Waals surface area (Å²) in [6.07, 6.45) is 0.887. The summed E-state index contributed by atoms with van der Waals surface area (Å²) in [5.41, 5.74) is 1.27. The molecular formula is C27H28N2O5. The van der Waals surface area contributed by atoms with Gasteiger partial charge in [0.05, 0.1) is 13.7 Å². The molecule has 0 saturated carbocycles. The first-order valence-electron chi connectivity index (χ1n) is 11.2. The molecule has 1 aliphatic rings. The summed E-state index contributed by atoms with van der Waals surface area (Å²) < 4.78 is 12.2. The normalized spacial score (nSPS) is 14.3. The Bertz CT molecular complexity index is 1290. The first-order chi connectivity index (χ1) is 16.2. The molecule has 0 atom stereocenters. The molecular weight excluding hydrogens is 432 g/mol. The van der Waals surface area contributed by atoms with Crippen molar-refractivity contribution in [2.24, 2.45) is 5.41 Å². The van der Waals surface area contributed by atoms with Gasteiger partial charge in [0.25, 0.3) is 11.5 Å². The lowest BCUT2D eigenvalue weighted by Crippen LogP contribution is -2.37. The molecule has 1 aliphatic carbocycles. The minimum Gasteiger partial charge on any atom is -0.497 e. The number of ketones is 1. The maximum Gasteiger partial charge on any atom is 0.268 e. The Kier molecular flexibility index (Phi) is 6.28. The van der Waals surface area contributed by atoms with E-state index in [0.29, 0.717) is 53.6 Å². The highest BCUT2D eigenvalue weighted by atomic mass is 16.5. The molecule has 0 aliphatic heterocycles. The molecule has 34 heavy (non-hydrogen) atoms. The van der Waals surface area contributed by atoms with Crippen molar-refractivity contribution >= 4 is 17.4 Å². The highest BCUT2D eigenvalue weighted by Gasteiger charge is 2.35. The number of aromatic nitrogens is 1. The molecule has 0 fully saturated rings. The van der Waals surface area contributed by atoms with Gasteiger partial charge >= 0.3 is 0 Å². The molecule has 1 N–H and O–H groups in total. The quantitative estimate of drug-likeness (QED) is 0.579. The van der Waals surface area contributed by atoms with Crippen molar-refractivity contribution in [1.82, 2.24) is 4.57 Å². The Labute approximate surface area is 198 Å². The van der Waals surface area contributed by atoms with Crippen LogP contribution >= 0.6 is 0 Å². The zero-order valence-corrected chi connectivity index (χ0v) is 19.8. The van der Waals surface area contributed by atoms with Gasteiger partial charge in [-0.15, -0.1) is 0 Å². The second kappa shape index (κ2) is 9.17. The van der Waals surface area contributed by atoms with Crippen molar-refractivity contribution in [1.29, 1.82) is 0 Å². The Morgan fingerprint density at radius 2 is 1.65 bits per heavy atom. The van der Waals surface area contributed by atoms with Crippen LogP contribution in [-0.4, -0.2) is 30.0 Å². The molecule has 3 aromatic rings. The first kappa shape index (κ1) is 23.3. The average molecular weight is 461 g/mol. The van der Waals surface area contributed by atoms with Crippen LogP contribution in [0.5, 0.6) is 11.5 Å². The summed E-state index contributed by atoms with van der Waals surface area (Å²) in [4.78, 5) is 39.8. The molecule has 2 aromatic carbocycles. The minimum absolute atomic E-state index is 0.0792. The molecule has 176 valence electrons. The molecule has 4 rings (SSSR count). The van der Waals surface area contributed by atoms with Crippen molar-refractivity contribution in [3.05, 3.63) is 81.8 Å². The van der Waals surface area contributed by atoms with Gasteiger partial charge in [-0.2, -0.15) is 0 Å². The summed E-state index contributed by atoms with van der Waals surface area (Å²) in [5.74, 6) is 0.676. The molecule has 1 amide bonds. The number of Topliss-reactive ketones (excluding diaryl/α,β-unsaturated/α-hetero) is 1. The SMILES string of the molecule is CCOc1ccc(-n2c3c(cc(C(=O)Nc4ccc(OC)cc4)c2=O)C(=O)CC(C)(C)C3)cc1. The van der Waals surface area contributed by atoms with Crippen LogP contribution in [0.25, 0.3) is 5.69 Å². The van der Waals surface area contributed by atoms with Crippen LogP contribution in [0.2, 0.25) is 0 Å². The van der Waals surface area contributed by atoms with Crippen LogP contribution in [0.3, 0.4) is 0 Å². The van der Waals surface area contributed by atoms with E-state index < -0.39 is 11.5 Å². The zero-order valence-electron chi connectivity index (χ0n) is 19.8. The van der Waals surface area contributed by atoms with E-state index in [4.69, 9.17) is 9.47 Å². The lowest BCUT2D eigenvalue weighted by Gasteiger charge is -2.32. The second-order valence-corrected chi connectivity index (χ2v) is 9.11. The second-order valence-electron chi connectivity index (χ2n) is 9.11. The molecule has 0 bridgehead atoms. The predicted molar refractivity (Wildman–Crippen MR) is 131 cm³/mol. The van der Waals surface area contributed by atoms with Crippen molar-refractivity contribution in [2.45, 2.75) is 33.6 Å². The van der Waals surface area contributed by atoms with Crippen molar-refractivity contribution in [2.75, 3.05) is 19.0 Å². The summed E-state index contributed by atoms with van der Waals surface area (Å²) in [6, 6.07) is 15.3. The van der Waals surface area contributed by atoms with E-state index >= 15 is 0 Å². The third-order valence-corrected chi connectivity index (χ3v) is 5.89. The lowest BCUT2D eigenvalue weighted by molar-refractivity contribution is 0.0908. The number of carbonyl (C=O) groups excluding carboxylic acids is 2. The minimum atomic E-state index is -0.574. The van der Waals surface area contributed by atoms with Crippen LogP contribution in [0.4, 0.5) is 5.69 Å². The van der Waals surface area contributed by atoms with E-state index in [1.54, 1.807) is 55.6 Å². The van der Waals surface area contributed by atoms with E-state index in [1.165, 1.54) is 10.6 Å². The number of amides is 1. The molecule has 0 saturated heterocycles. The molecule has 1 aromatic heterocycles. The van der Waals surface area contributed by atoms with Crippen LogP contribution < -0.4 is 20.3 Å². The van der Waals surface area contributed by atoms with Crippen LogP contribution in [0.15, 0.2) is 59.4 Å². The third kappa shape index (κ3) is 4.59. The zero-order chi connectivity index (χ0) is 24.5.